The first kappa shape index (κ1) is 12.8. The lowest BCUT2D eigenvalue weighted by Gasteiger charge is -2.14. The van der Waals surface area contributed by atoms with Gasteiger partial charge in [0.1, 0.15) is 5.76 Å². The molecule has 0 aliphatic carbocycles. The molecule has 0 saturated carbocycles. The Hall–Kier alpha value is -1.61. The second-order valence-electron chi connectivity index (χ2n) is 4.82. The van der Waals surface area contributed by atoms with Gasteiger partial charge in [0.25, 0.3) is 0 Å². The number of nitrogens with one attached hydrogen (secondary N) is 1. The molecular formula is C15H20N2O. The molecule has 0 aliphatic rings. The summed E-state index contributed by atoms with van der Waals surface area (Å²) in [6.45, 7) is 9.01. The van der Waals surface area contributed by atoms with Crippen molar-refractivity contribution >= 4 is 0 Å². The van der Waals surface area contributed by atoms with Crippen molar-refractivity contribution in [2.75, 3.05) is 0 Å². The van der Waals surface area contributed by atoms with Gasteiger partial charge in [0.15, 0.2) is 0 Å². The van der Waals surface area contributed by atoms with Gasteiger partial charge in [0.2, 0.25) is 0 Å². The Morgan fingerprint density at radius 3 is 2.67 bits per heavy atom. The lowest BCUT2D eigenvalue weighted by Crippen LogP contribution is -2.18. The Bertz CT molecular complexity index is 512. The van der Waals surface area contributed by atoms with Crippen molar-refractivity contribution in [1.82, 2.24) is 10.5 Å². The number of nitrogens with zero attached hydrogens (tertiary/aromatic N) is 1. The van der Waals surface area contributed by atoms with Gasteiger partial charge in [-0.3, -0.25) is 0 Å². The Labute approximate surface area is 108 Å². The Kier molecular flexibility index (Phi) is 3.82. The first-order valence-corrected chi connectivity index (χ1v) is 6.29. The van der Waals surface area contributed by atoms with Crippen LogP contribution in [0.5, 0.6) is 0 Å². The monoisotopic (exact) mass is 244 g/mol. The van der Waals surface area contributed by atoms with Crippen LogP contribution in [0.4, 0.5) is 0 Å². The minimum Gasteiger partial charge on any atom is -0.361 e. The van der Waals surface area contributed by atoms with E-state index < -0.39 is 0 Å². The molecule has 1 aromatic carbocycles. The number of hydrogen-bond donors (Lipinski definition) is 1. The first-order valence-electron chi connectivity index (χ1n) is 6.29. The summed E-state index contributed by atoms with van der Waals surface area (Å²) in [5.74, 6) is 0.899. The highest BCUT2D eigenvalue weighted by Crippen LogP contribution is 2.17. The van der Waals surface area contributed by atoms with Gasteiger partial charge in [0, 0.05) is 18.2 Å². The largest absolute Gasteiger partial charge is 0.361 e. The zero-order valence-corrected chi connectivity index (χ0v) is 11.4. The van der Waals surface area contributed by atoms with E-state index in [9.17, 15) is 0 Å². The molecule has 0 aliphatic heterocycles. The van der Waals surface area contributed by atoms with Crippen LogP contribution in [0.1, 0.15) is 41.1 Å². The highest BCUT2D eigenvalue weighted by atomic mass is 16.5. The average Bonchev–Trinajstić information content (AvgIpc) is 2.66. The van der Waals surface area contributed by atoms with Crippen molar-refractivity contribution in [2.24, 2.45) is 0 Å². The van der Waals surface area contributed by atoms with E-state index in [0.29, 0.717) is 6.04 Å². The molecule has 18 heavy (non-hydrogen) atoms. The van der Waals surface area contributed by atoms with Crippen LogP contribution in [0.3, 0.4) is 0 Å². The van der Waals surface area contributed by atoms with E-state index in [-0.39, 0.29) is 0 Å². The summed E-state index contributed by atoms with van der Waals surface area (Å²) in [5, 5.41) is 7.48. The van der Waals surface area contributed by atoms with E-state index >= 15 is 0 Å². The van der Waals surface area contributed by atoms with Crippen molar-refractivity contribution in [3.63, 3.8) is 0 Å². The van der Waals surface area contributed by atoms with Gasteiger partial charge in [-0.2, -0.15) is 0 Å². The summed E-state index contributed by atoms with van der Waals surface area (Å²) in [5.41, 5.74) is 4.73. The Morgan fingerprint density at radius 1 is 1.28 bits per heavy atom. The maximum Gasteiger partial charge on any atom is 0.138 e. The number of aryl methyl sites for hydroxylation is 3. The smallest absolute Gasteiger partial charge is 0.138 e. The van der Waals surface area contributed by atoms with E-state index in [2.05, 4.69) is 48.6 Å². The number of rotatable bonds is 4. The van der Waals surface area contributed by atoms with Gasteiger partial charge < -0.3 is 9.84 Å². The molecule has 3 nitrogen and oxygen atoms in total. The second-order valence-corrected chi connectivity index (χ2v) is 4.82. The first-order chi connectivity index (χ1) is 8.58. The molecule has 0 unspecified atom stereocenters. The van der Waals surface area contributed by atoms with Crippen molar-refractivity contribution in [3.8, 4) is 0 Å². The summed E-state index contributed by atoms with van der Waals surface area (Å²) in [6, 6.07) is 8.89. The molecule has 0 saturated heterocycles. The van der Waals surface area contributed by atoms with E-state index in [4.69, 9.17) is 4.52 Å². The van der Waals surface area contributed by atoms with Crippen LogP contribution in [0, 0.1) is 20.8 Å². The molecule has 1 heterocycles. The third-order valence-corrected chi connectivity index (χ3v) is 3.31. The summed E-state index contributed by atoms with van der Waals surface area (Å²) >= 11 is 0. The number of aromatic nitrogens is 1. The summed E-state index contributed by atoms with van der Waals surface area (Å²) in [7, 11) is 0. The SMILES string of the molecule is Cc1cccc([C@H](C)NCc2c(C)noc2C)c1. The average molecular weight is 244 g/mol. The molecule has 1 atom stereocenters. The summed E-state index contributed by atoms with van der Waals surface area (Å²) < 4.78 is 5.16. The molecule has 0 radical (unpaired) electrons. The normalized spacial score (nSPS) is 12.7. The van der Waals surface area contributed by atoms with E-state index in [1.54, 1.807) is 0 Å². The molecule has 96 valence electrons. The molecule has 1 aromatic heterocycles. The molecule has 0 fully saturated rings. The van der Waals surface area contributed by atoms with Gasteiger partial charge in [-0.1, -0.05) is 35.0 Å². The van der Waals surface area contributed by atoms with Gasteiger partial charge in [-0.05, 0) is 33.3 Å². The van der Waals surface area contributed by atoms with Gasteiger partial charge >= 0.3 is 0 Å². The van der Waals surface area contributed by atoms with Gasteiger partial charge in [-0.15, -0.1) is 0 Å². The van der Waals surface area contributed by atoms with Crippen LogP contribution >= 0.6 is 0 Å². The Balaban J connectivity index is 2.02. The highest BCUT2D eigenvalue weighted by Gasteiger charge is 2.11. The molecule has 0 spiro atoms. The fourth-order valence-electron chi connectivity index (χ4n) is 2.07. The molecule has 0 bridgehead atoms. The summed E-state index contributed by atoms with van der Waals surface area (Å²) in [4.78, 5) is 0. The quantitative estimate of drug-likeness (QED) is 0.895. The maximum absolute atomic E-state index is 5.16. The predicted octanol–water partition coefficient (Wildman–Crippen LogP) is 3.45. The predicted molar refractivity (Wildman–Crippen MR) is 72.4 cm³/mol. The van der Waals surface area contributed by atoms with Crippen molar-refractivity contribution < 1.29 is 4.52 Å². The van der Waals surface area contributed by atoms with Crippen LogP contribution in [0.2, 0.25) is 0 Å². The van der Waals surface area contributed by atoms with Gasteiger partial charge in [-0.25, -0.2) is 0 Å². The fourth-order valence-corrected chi connectivity index (χ4v) is 2.07. The van der Waals surface area contributed by atoms with Crippen LogP contribution in [0.25, 0.3) is 0 Å². The van der Waals surface area contributed by atoms with Crippen molar-refractivity contribution in [2.45, 2.75) is 40.3 Å². The third kappa shape index (κ3) is 2.79. The van der Waals surface area contributed by atoms with Crippen molar-refractivity contribution in [3.05, 3.63) is 52.4 Å². The molecule has 2 rings (SSSR count). The summed E-state index contributed by atoms with van der Waals surface area (Å²) in [6.07, 6.45) is 0. The maximum atomic E-state index is 5.16. The van der Waals surface area contributed by atoms with E-state index in [1.807, 2.05) is 13.8 Å². The Morgan fingerprint density at radius 2 is 2.06 bits per heavy atom. The number of benzene rings is 1. The fraction of sp³-hybridized carbons (Fsp3) is 0.400. The minimum absolute atomic E-state index is 0.318. The molecule has 2 aromatic rings. The van der Waals surface area contributed by atoms with E-state index in [1.165, 1.54) is 11.1 Å². The number of hydrogen-bond acceptors (Lipinski definition) is 3. The molecule has 0 amide bonds. The lowest BCUT2D eigenvalue weighted by atomic mass is 10.1. The van der Waals surface area contributed by atoms with Gasteiger partial charge in [0.05, 0.1) is 5.69 Å². The third-order valence-electron chi connectivity index (χ3n) is 3.31. The second kappa shape index (κ2) is 5.36. The van der Waals surface area contributed by atoms with Crippen molar-refractivity contribution in [1.29, 1.82) is 0 Å². The molecule has 3 heteroatoms. The van der Waals surface area contributed by atoms with E-state index in [0.717, 1.165) is 23.6 Å². The topological polar surface area (TPSA) is 38.1 Å². The van der Waals surface area contributed by atoms with Crippen LogP contribution in [-0.2, 0) is 6.54 Å². The minimum atomic E-state index is 0.318. The zero-order valence-electron chi connectivity index (χ0n) is 11.4. The van der Waals surface area contributed by atoms with Crippen LogP contribution < -0.4 is 5.32 Å². The standard InChI is InChI=1S/C15H20N2O/c1-10-6-5-7-14(8-10)11(2)16-9-15-12(3)17-18-13(15)4/h5-8,11,16H,9H2,1-4H3/t11-/m0/s1. The van der Waals surface area contributed by atoms with Crippen LogP contribution in [0.15, 0.2) is 28.8 Å². The van der Waals surface area contributed by atoms with Crippen LogP contribution in [-0.4, -0.2) is 5.16 Å². The zero-order chi connectivity index (χ0) is 13.1. The highest BCUT2D eigenvalue weighted by molar-refractivity contribution is 5.25. The molecular weight excluding hydrogens is 224 g/mol. The lowest BCUT2D eigenvalue weighted by molar-refractivity contribution is 0.391. The molecule has 1 N–H and O–H groups in total.